The standard InChI is InChI=1S/C20H18N4O3S2/c1-21-17(25)13-4-2-5-14(10-13)26-7-3-8-27-18-16-15(19-22-6-9-28-19)11-29-20(16)24-12-23-18/h2,4-6,9-12H,3,7-8H2,1H3,(H,21,25). The normalized spacial score (nSPS) is 10.8. The zero-order valence-corrected chi connectivity index (χ0v) is 17.3. The number of benzene rings is 1. The number of hydrogen-bond acceptors (Lipinski definition) is 8. The molecular weight excluding hydrogens is 408 g/mol. The molecule has 0 aliphatic heterocycles. The van der Waals surface area contributed by atoms with Crippen molar-refractivity contribution in [1.82, 2.24) is 20.3 Å². The van der Waals surface area contributed by atoms with Gasteiger partial charge in [-0.3, -0.25) is 4.79 Å². The minimum Gasteiger partial charge on any atom is -0.493 e. The Hall–Kier alpha value is -3.04. The number of fused-ring (bicyclic) bond motifs is 1. The van der Waals surface area contributed by atoms with E-state index in [1.807, 2.05) is 16.8 Å². The third-order valence-electron chi connectivity index (χ3n) is 4.12. The molecule has 0 bridgehead atoms. The van der Waals surface area contributed by atoms with Gasteiger partial charge in [0.15, 0.2) is 0 Å². The van der Waals surface area contributed by atoms with Gasteiger partial charge in [-0.2, -0.15) is 0 Å². The first-order valence-corrected chi connectivity index (χ1v) is 10.7. The fraction of sp³-hybridized carbons (Fsp3) is 0.200. The topological polar surface area (TPSA) is 86.2 Å². The summed E-state index contributed by atoms with van der Waals surface area (Å²) in [6.07, 6.45) is 3.97. The molecule has 0 fully saturated rings. The van der Waals surface area contributed by atoms with Crippen LogP contribution >= 0.6 is 22.7 Å². The van der Waals surface area contributed by atoms with Crippen LogP contribution < -0.4 is 14.8 Å². The molecular formula is C20H18N4O3S2. The van der Waals surface area contributed by atoms with E-state index >= 15 is 0 Å². The van der Waals surface area contributed by atoms with Crippen LogP contribution in [0.25, 0.3) is 20.8 Å². The number of hydrogen-bond donors (Lipinski definition) is 1. The second kappa shape index (κ2) is 8.97. The summed E-state index contributed by atoms with van der Waals surface area (Å²) in [5.41, 5.74) is 1.56. The molecule has 3 aromatic heterocycles. The third-order valence-corrected chi connectivity index (χ3v) is 5.81. The van der Waals surface area contributed by atoms with Crippen molar-refractivity contribution in [3.63, 3.8) is 0 Å². The smallest absolute Gasteiger partial charge is 0.251 e. The van der Waals surface area contributed by atoms with E-state index in [1.165, 1.54) is 6.33 Å². The largest absolute Gasteiger partial charge is 0.493 e. The van der Waals surface area contributed by atoms with Crippen molar-refractivity contribution in [3.05, 3.63) is 53.1 Å². The van der Waals surface area contributed by atoms with Gasteiger partial charge in [-0.1, -0.05) is 6.07 Å². The van der Waals surface area contributed by atoms with E-state index in [1.54, 1.807) is 54.1 Å². The highest BCUT2D eigenvalue weighted by atomic mass is 32.1. The Morgan fingerprint density at radius 2 is 2.03 bits per heavy atom. The first-order chi connectivity index (χ1) is 14.3. The first kappa shape index (κ1) is 19.3. The van der Waals surface area contributed by atoms with Gasteiger partial charge in [0, 0.05) is 41.6 Å². The minimum absolute atomic E-state index is 0.140. The van der Waals surface area contributed by atoms with Crippen LogP contribution in [0.4, 0.5) is 0 Å². The average molecular weight is 427 g/mol. The molecule has 0 saturated heterocycles. The zero-order chi connectivity index (χ0) is 20.1. The Morgan fingerprint density at radius 1 is 1.14 bits per heavy atom. The lowest BCUT2D eigenvalue weighted by Gasteiger charge is -2.09. The van der Waals surface area contributed by atoms with E-state index in [9.17, 15) is 4.79 Å². The molecule has 1 N–H and O–H groups in total. The molecule has 0 saturated carbocycles. The number of amides is 1. The van der Waals surface area contributed by atoms with E-state index < -0.39 is 0 Å². The van der Waals surface area contributed by atoms with Crippen LogP contribution in [0.2, 0.25) is 0 Å². The molecule has 3 heterocycles. The summed E-state index contributed by atoms with van der Waals surface area (Å²) >= 11 is 3.13. The highest BCUT2D eigenvalue weighted by molar-refractivity contribution is 7.18. The fourth-order valence-electron chi connectivity index (χ4n) is 2.76. The molecule has 7 nitrogen and oxygen atoms in total. The molecule has 0 spiro atoms. The quantitative estimate of drug-likeness (QED) is 0.428. The first-order valence-electron chi connectivity index (χ1n) is 8.96. The summed E-state index contributed by atoms with van der Waals surface area (Å²) in [5.74, 6) is 1.07. The highest BCUT2D eigenvalue weighted by Gasteiger charge is 2.15. The van der Waals surface area contributed by atoms with Gasteiger partial charge in [-0.25, -0.2) is 15.0 Å². The van der Waals surface area contributed by atoms with Gasteiger partial charge in [0.1, 0.15) is 21.9 Å². The SMILES string of the molecule is CNC(=O)c1cccc(OCCCOc2ncnc3scc(-c4nccs4)c23)c1. The van der Waals surface area contributed by atoms with E-state index in [0.29, 0.717) is 36.8 Å². The Balaban J connectivity index is 1.36. The van der Waals surface area contributed by atoms with Crippen LogP contribution in [0, 0.1) is 0 Å². The van der Waals surface area contributed by atoms with Crippen molar-refractivity contribution < 1.29 is 14.3 Å². The van der Waals surface area contributed by atoms with Gasteiger partial charge in [0.05, 0.1) is 18.6 Å². The van der Waals surface area contributed by atoms with Crippen LogP contribution in [0.3, 0.4) is 0 Å². The summed E-state index contributed by atoms with van der Waals surface area (Å²) in [5, 5.41) is 8.40. The van der Waals surface area contributed by atoms with Crippen LogP contribution in [0.5, 0.6) is 11.6 Å². The summed E-state index contributed by atoms with van der Waals surface area (Å²) < 4.78 is 11.7. The number of nitrogens with one attached hydrogen (secondary N) is 1. The van der Waals surface area contributed by atoms with Crippen LogP contribution in [0.1, 0.15) is 16.8 Å². The third kappa shape index (κ3) is 4.36. The molecule has 0 unspecified atom stereocenters. The lowest BCUT2D eigenvalue weighted by Crippen LogP contribution is -2.17. The predicted octanol–water partition coefficient (Wildman–Crippen LogP) is 4.02. The van der Waals surface area contributed by atoms with E-state index in [4.69, 9.17) is 9.47 Å². The van der Waals surface area contributed by atoms with E-state index in [2.05, 4.69) is 20.3 Å². The number of aromatic nitrogens is 3. The molecule has 0 atom stereocenters. The van der Waals surface area contributed by atoms with E-state index in [0.717, 1.165) is 20.8 Å². The number of carbonyl (C=O) groups excluding carboxylic acids is 1. The van der Waals surface area contributed by atoms with Crippen molar-refractivity contribution in [3.8, 4) is 22.2 Å². The number of carbonyl (C=O) groups is 1. The second-order valence-corrected chi connectivity index (χ2v) is 7.76. The molecule has 9 heteroatoms. The number of rotatable bonds is 8. The van der Waals surface area contributed by atoms with Crippen LogP contribution in [-0.2, 0) is 0 Å². The number of nitrogens with zero attached hydrogens (tertiary/aromatic N) is 3. The minimum atomic E-state index is -0.140. The molecule has 1 aromatic carbocycles. The monoisotopic (exact) mass is 426 g/mol. The Labute approximate surface area is 175 Å². The zero-order valence-electron chi connectivity index (χ0n) is 15.6. The van der Waals surface area contributed by atoms with Crippen molar-refractivity contribution in [2.75, 3.05) is 20.3 Å². The van der Waals surface area contributed by atoms with Gasteiger partial charge < -0.3 is 14.8 Å². The lowest BCUT2D eigenvalue weighted by molar-refractivity contribution is 0.0962. The molecule has 0 aliphatic carbocycles. The lowest BCUT2D eigenvalue weighted by atomic mass is 10.2. The summed E-state index contributed by atoms with van der Waals surface area (Å²) in [6, 6.07) is 7.09. The van der Waals surface area contributed by atoms with Gasteiger partial charge in [-0.15, -0.1) is 22.7 Å². The Morgan fingerprint density at radius 3 is 2.86 bits per heavy atom. The van der Waals surface area contributed by atoms with Gasteiger partial charge in [0.25, 0.3) is 5.91 Å². The average Bonchev–Trinajstić information content (AvgIpc) is 3.43. The maximum Gasteiger partial charge on any atom is 0.251 e. The van der Waals surface area contributed by atoms with Crippen LogP contribution in [0.15, 0.2) is 47.5 Å². The number of ether oxygens (including phenoxy) is 2. The molecule has 4 aromatic rings. The molecule has 0 aliphatic rings. The molecule has 0 radical (unpaired) electrons. The van der Waals surface area contributed by atoms with E-state index in [-0.39, 0.29) is 5.91 Å². The van der Waals surface area contributed by atoms with Gasteiger partial charge >= 0.3 is 0 Å². The van der Waals surface area contributed by atoms with Crippen molar-refractivity contribution in [2.24, 2.45) is 0 Å². The van der Waals surface area contributed by atoms with Crippen molar-refractivity contribution in [1.29, 1.82) is 0 Å². The fourth-order valence-corrected chi connectivity index (χ4v) is 4.38. The molecule has 29 heavy (non-hydrogen) atoms. The second-order valence-electron chi connectivity index (χ2n) is 6.00. The van der Waals surface area contributed by atoms with Gasteiger partial charge in [0.2, 0.25) is 5.88 Å². The molecule has 148 valence electrons. The highest BCUT2D eigenvalue weighted by Crippen LogP contribution is 2.38. The molecule has 1 amide bonds. The van der Waals surface area contributed by atoms with Crippen molar-refractivity contribution >= 4 is 38.8 Å². The summed E-state index contributed by atoms with van der Waals surface area (Å²) in [6.45, 7) is 0.919. The Kier molecular flexibility index (Phi) is 5.97. The van der Waals surface area contributed by atoms with Gasteiger partial charge in [-0.05, 0) is 18.2 Å². The summed E-state index contributed by atoms with van der Waals surface area (Å²) in [7, 11) is 1.60. The number of thiophene rings is 1. The predicted molar refractivity (Wildman–Crippen MR) is 114 cm³/mol. The maximum atomic E-state index is 11.7. The number of thiazole rings is 1. The maximum absolute atomic E-state index is 11.7. The summed E-state index contributed by atoms with van der Waals surface area (Å²) in [4.78, 5) is 25.6. The van der Waals surface area contributed by atoms with Crippen molar-refractivity contribution in [2.45, 2.75) is 6.42 Å². The Bertz CT molecular complexity index is 1110. The molecule has 4 rings (SSSR count). The van der Waals surface area contributed by atoms with Crippen LogP contribution in [-0.4, -0.2) is 41.1 Å².